The maximum absolute atomic E-state index is 13.0. The van der Waals surface area contributed by atoms with Gasteiger partial charge in [0.15, 0.2) is 0 Å². The molecule has 0 bridgehead atoms. The Labute approximate surface area is 150 Å². The quantitative estimate of drug-likeness (QED) is 0.722. The number of aromatic nitrogens is 4. The molecule has 7 heteroatoms. The van der Waals surface area contributed by atoms with Gasteiger partial charge in [0.05, 0.1) is 29.0 Å². The molecule has 0 unspecified atom stereocenters. The van der Waals surface area contributed by atoms with E-state index in [1.807, 2.05) is 30.3 Å². The van der Waals surface area contributed by atoms with Crippen molar-refractivity contribution in [2.24, 2.45) is 7.05 Å². The fraction of sp³-hybridized carbons (Fsp3) is 0.368. The minimum absolute atomic E-state index is 0.00000118. The lowest BCUT2D eigenvalue weighted by molar-refractivity contribution is -0.135. The molecule has 0 N–H and O–H groups in total. The molecule has 1 fully saturated rings. The van der Waals surface area contributed by atoms with Crippen molar-refractivity contribution in [3.05, 3.63) is 58.9 Å². The van der Waals surface area contributed by atoms with E-state index in [0.717, 1.165) is 25.0 Å². The number of nitrogens with zero attached hydrogens (tertiary/aromatic N) is 5. The molecule has 1 amide bonds. The van der Waals surface area contributed by atoms with E-state index in [-0.39, 0.29) is 24.1 Å². The van der Waals surface area contributed by atoms with Gasteiger partial charge in [-0.2, -0.15) is 5.10 Å². The van der Waals surface area contributed by atoms with Gasteiger partial charge in [-0.1, -0.05) is 12.1 Å². The molecule has 0 aliphatic carbocycles. The Bertz CT molecular complexity index is 1010. The van der Waals surface area contributed by atoms with Crippen LogP contribution in [0.15, 0.2) is 47.7 Å². The average molecular weight is 351 g/mol. The average Bonchev–Trinajstić information content (AvgIpc) is 3.10. The summed E-state index contributed by atoms with van der Waals surface area (Å²) in [6.45, 7) is 0.690. The molecule has 1 aliphatic rings. The number of carbonyl (C=O) groups is 1. The predicted octanol–water partition coefficient (Wildman–Crippen LogP) is 1.88. The second-order valence-corrected chi connectivity index (χ2v) is 6.71. The summed E-state index contributed by atoms with van der Waals surface area (Å²) < 4.78 is 3.15. The van der Waals surface area contributed by atoms with Gasteiger partial charge in [-0.05, 0) is 37.5 Å². The van der Waals surface area contributed by atoms with E-state index < -0.39 is 0 Å². The number of rotatable bonds is 3. The van der Waals surface area contributed by atoms with Crippen molar-refractivity contribution in [3.8, 4) is 0 Å². The van der Waals surface area contributed by atoms with Gasteiger partial charge >= 0.3 is 0 Å². The summed E-state index contributed by atoms with van der Waals surface area (Å²) in [4.78, 5) is 31.7. The van der Waals surface area contributed by atoms with Crippen molar-refractivity contribution < 1.29 is 4.79 Å². The second-order valence-electron chi connectivity index (χ2n) is 6.71. The smallest absolute Gasteiger partial charge is 0.261 e. The molecule has 0 radical (unpaired) electrons. The summed E-state index contributed by atoms with van der Waals surface area (Å²) in [6, 6.07) is 9.12. The van der Waals surface area contributed by atoms with E-state index in [9.17, 15) is 9.59 Å². The van der Waals surface area contributed by atoms with E-state index in [4.69, 9.17) is 0 Å². The molecule has 3 aromatic rings. The normalized spacial score (nSPS) is 17.6. The Kier molecular flexibility index (Phi) is 4.28. The fourth-order valence-corrected chi connectivity index (χ4v) is 3.60. The highest BCUT2D eigenvalue weighted by atomic mass is 16.2. The molecule has 4 rings (SSSR count). The Morgan fingerprint density at radius 1 is 1.23 bits per heavy atom. The number of para-hydroxylation sites is 1. The van der Waals surface area contributed by atoms with Crippen LogP contribution in [0.2, 0.25) is 0 Å². The topological polar surface area (TPSA) is 73.0 Å². The summed E-state index contributed by atoms with van der Waals surface area (Å²) in [7, 11) is 1.87. The molecule has 7 nitrogen and oxygen atoms in total. The van der Waals surface area contributed by atoms with E-state index in [1.165, 1.54) is 10.9 Å². The van der Waals surface area contributed by atoms with Gasteiger partial charge in [0, 0.05) is 19.8 Å². The fourth-order valence-electron chi connectivity index (χ4n) is 3.60. The highest BCUT2D eigenvalue weighted by Crippen LogP contribution is 2.29. The zero-order valence-electron chi connectivity index (χ0n) is 14.7. The van der Waals surface area contributed by atoms with Crippen LogP contribution in [0, 0.1) is 0 Å². The number of fused-ring (bicyclic) bond motifs is 1. The lowest BCUT2D eigenvalue weighted by Crippen LogP contribution is -2.42. The summed E-state index contributed by atoms with van der Waals surface area (Å²) in [5.41, 5.74) is 1.37. The lowest BCUT2D eigenvalue weighted by Gasteiger charge is -2.35. The maximum atomic E-state index is 13.0. The predicted molar refractivity (Wildman–Crippen MR) is 97.5 cm³/mol. The number of piperidine rings is 1. The third-order valence-corrected chi connectivity index (χ3v) is 4.94. The van der Waals surface area contributed by atoms with Crippen molar-refractivity contribution in [2.75, 3.05) is 6.54 Å². The van der Waals surface area contributed by atoms with Crippen LogP contribution in [0.5, 0.6) is 0 Å². The number of aryl methyl sites for hydroxylation is 1. The standard InChI is InChI=1S/C19H21N5O2/c1-22-11-9-16(21-22)17-8-4-5-10-24(17)18(25)12-23-13-20-15-7-3-2-6-14(15)19(23)26/h2-3,6-7,9,11,13,17H,4-5,8,10,12H2,1H3/t17-/m0/s1. The molecular formula is C19H21N5O2. The molecule has 1 aliphatic heterocycles. The first-order valence-corrected chi connectivity index (χ1v) is 8.86. The van der Waals surface area contributed by atoms with Gasteiger partial charge in [0.1, 0.15) is 6.54 Å². The molecule has 2 aromatic heterocycles. The van der Waals surface area contributed by atoms with Crippen LogP contribution < -0.4 is 5.56 Å². The third-order valence-electron chi connectivity index (χ3n) is 4.94. The Hall–Kier alpha value is -2.96. The number of likely N-dealkylation sites (tertiary alicyclic amines) is 1. The van der Waals surface area contributed by atoms with Gasteiger partial charge < -0.3 is 4.90 Å². The highest BCUT2D eigenvalue weighted by Gasteiger charge is 2.29. The Balaban J connectivity index is 1.60. The molecular weight excluding hydrogens is 330 g/mol. The lowest BCUT2D eigenvalue weighted by atomic mass is 9.99. The first kappa shape index (κ1) is 16.5. The molecule has 1 atom stereocenters. The minimum Gasteiger partial charge on any atom is -0.332 e. The number of benzene rings is 1. The third kappa shape index (κ3) is 3.00. The van der Waals surface area contributed by atoms with Crippen LogP contribution in [0.3, 0.4) is 0 Å². The van der Waals surface area contributed by atoms with Gasteiger partial charge in [-0.3, -0.25) is 18.8 Å². The maximum Gasteiger partial charge on any atom is 0.261 e. The van der Waals surface area contributed by atoms with Crippen LogP contribution in [0.4, 0.5) is 0 Å². The first-order valence-electron chi connectivity index (χ1n) is 8.86. The zero-order valence-corrected chi connectivity index (χ0v) is 14.7. The van der Waals surface area contributed by atoms with Gasteiger partial charge in [-0.15, -0.1) is 0 Å². The van der Waals surface area contributed by atoms with E-state index in [1.54, 1.807) is 22.9 Å². The highest BCUT2D eigenvalue weighted by molar-refractivity contribution is 5.79. The molecule has 0 spiro atoms. The minimum atomic E-state index is -0.185. The summed E-state index contributed by atoms with van der Waals surface area (Å²) in [6.07, 6.45) is 6.29. The number of carbonyl (C=O) groups excluding carboxylic acids is 1. The second kappa shape index (κ2) is 6.74. The van der Waals surface area contributed by atoms with E-state index >= 15 is 0 Å². The summed E-state index contributed by atoms with van der Waals surface area (Å²) in [5.74, 6) is -0.0699. The first-order chi connectivity index (χ1) is 12.6. The Morgan fingerprint density at radius 3 is 2.88 bits per heavy atom. The van der Waals surface area contributed by atoms with Crippen molar-refractivity contribution in [1.82, 2.24) is 24.2 Å². The van der Waals surface area contributed by atoms with Crippen LogP contribution in [0.1, 0.15) is 31.0 Å². The van der Waals surface area contributed by atoms with Gasteiger partial charge in [-0.25, -0.2) is 4.98 Å². The number of hydrogen-bond acceptors (Lipinski definition) is 4. The summed E-state index contributed by atoms with van der Waals surface area (Å²) >= 11 is 0. The van der Waals surface area contributed by atoms with Crippen molar-refractivity contribution in [2.45, 2.75) is 31.8 Å². The van der Waals surface area contributed by atoms with Crippen LogP contribution >= 0.6 is 0 Å². The van der Waals surface area contributed by atoms with Gasteiger partial charge in [0.2, 0.25) is 5.91 Å². The van der Waals surface area contributed by atoms with Crippen molar-refractivity contribution in [1.29, 1.82) is 0 Å². The van der Waals surface area contributed by atoms with Crippen LogP contribution in [0.25, 0.3) is 10.9 Å². The molecule has 26 heavy (non-hydrogen) atoms. The van der Waals surface area contributed by atoms with Crippen molar-refractivity contribution in [3.63, 3.8) is 0 Å². The van der Waals surface area contributed by atoms with Gasteiger partial charge in [0.25, 0.3) is 5.56 Å². The summed E-state index contributed by atoms with van der Waals surface area (Å²) in [5, 5.41) is 5.00. The van der Waals surface area contributed by atoms with Crippen LogP contribution in [-0.2, 0) is 18.4 Å². The number of amides is 1. The number of hydrogen-bond donors (Lipinski definition) is 0. The molecule has 134 valence electrons. The Morgan fingerprint density at radius 2 is 2.08 bits per heavy atom. The zero-order chi connectivity index (χ0) is 18.1. The molecule has 3 heterocycles. The van der Waals surface area contributed by atoms with E-state index in [2.05, 4.69) is 10.1 Å². The molecule has 1 saturated heterocycles. The SMILES string of the molecule is Cn1ccc([C@@H]2CCCCN2C(=O)Cn2cnc3ccccc3c2=O)n1. The largest absolute Gasteiger partial charge is 0.332 e. The van der Waals surface area contributed by atoms with Crippen LogP contribution in [-0.4, -0.2) is 36.7 Å². The monoisotopic (exact) mass is 351 g/mol. The van der Waals surface area contributed by atoms with Crippen molar-refractivity contribution >= 4 is 16.8 Å². The molecule has 1 aromatic carbocycles. The van der Waals surface area contributed by atoms with E-state index in [0.29, 0.717) is 17.4 Å². The molecule has 0 saturated carbocycles.